The van der Waals surface area contributed by atoms with Crippen LogP contribution in [0, 0.1) is 10.1 Å². The SMILES string of the molecule is COc1ccc(S(=O)(=O)NCCC(=O)NNc2ccccc2[N+](=O)[O-])cc1OC. The number of methoxy groups -OCH3 is 2. The average Bonchev–Trinajstić information content (AvgIpc) is 2.71. The number of benzene rings is 2. The van der Waals surface area contributed by atoms with Crippen LogP contribution in [0.4, 0.5) is 11.4 Å². The summed E-state index contributed by atoms with van der Waals surface area (Å²) >= 11 is 0. The van der Waals surface area contributed by atoms with Gasteiger partial charge in [-0.2, -0.15) is 0 Å². The van der Waals surface area contributed by atoms with Gasteiger partial charge >= 0.3 is 0 Å². The Kier molecular flexibility index (Phi) is 7.33. The molecule has 2 rings (SSSR count). The number of sulfonamides is 1. The second-order valence-electron chi connectivity index (χ2n) is 5.61. The minimum absolute atomic E-state index is 0.0476. The smallest absolute Gasteiger partial charge is 0.294 e. The quantitative estimate of drug-likeness (QED) is 0.383. The monoisotopic (exact) mass is 424 g/mol. The third kappa shape index (κ3) is 5.80. The Hall–Kier alpha value is -3.38. The zero-order chi connectivity index (χ0) is 21.4. The Morgan fingerprint density at radius 2 is 1.79 bits per heavy atom. The van der Waals surface area contributed by atoms with Gasteiger partial charge in [0.1, 0.15) is 5.69 Å². The Balaban J connectivity index is 1.90. The van der Waals surface area contributed by atoms with Crippen LogP contribution in [-0.2, 0) is 14.8 Å². The number of nitrogens with one attached hydrogen (secondary N) is 3. The van der Waals surface area contributed by atoms with E-state index in [1.54, 1.807) is 6.07 Å². The molecule has 0 unspecified atom stereocenters. The Bertz CT molecular complexity index is 995. The molecule has 0 atom stereocenters. The fourth-order valence-corrected chi connectivity index (χ4v) is 3.35. The van der Waals surface area contributed by atoms with E-state index in [1.807, 2.05) is 0 Å². The number of nitrogens with zero attached hydrogens (tertiary/aromatic N) is 1. The van der Waals surface area contributed by atoms with Gasteiger partial charge in [0.15, 0.2) is 11.5 Å². The summed E-state index contributed by atoms with van der Waals surface area (Å²) in [5, 5.41) is 10.9. The van der Waals surface area contributed by atoms with E-state index in [9.17, 15) is 23.3 Å². The van der Waals surface area contributed by atoms with Crippen LogP contribution < -0.4 is 25.0 Å². The van der Waals surface area contributed by atoms with Crippen LogP contribution in [0.3, 0.4) is 0 Å². The number of hydrogen-bond donors (Lipinski definition) is 3. The van der Waals surface area contributed by atoms with E-state index in [0.29, 0.717) is 5.75 Å². The van der Waals surface area contributed by atoms with Crippen molar-refractivity contribution in [3.63, 3.8) is 0 Å². The molecule has 29 heavy (non-hydrogen) atoms. The summed E-state index contributed by atoms with van der Waals surface area (Å²) in [7, 11) is -1.06. The lowest BCUT2D eigenvalue weighted by Gasteiger charge is -2.11. The van der Waals surface area contributed by atoms with Gasteiger partial charge in [-0.25, -0.2) is 13.1 Å². The van der Waals surface area contributed by atoms with Gasteiger partial charge in [-0.1, -0.05) is 12.1 Å². The summed E-state index contributed by atoms with van der Waals surface area (Å²) in [6.07, 6.45) is -0.194. The molecule has 0 spiro atoms. The average molecular weight is 424 g/mol. The maximum absolute atomic E-state index is 12.4. The summed E-state index contributed by atoms with van der Waals surface area (Å²) in [5.41, 5.74) is 4.64. The molecule has 0 fully saturated rings. The van der Waals surface area contributed by atoms with Crippen LogP contribution in [0.25, 0.3) is 0 Å². The molecular weight excluding hydrogens is 404 g/mol. The van der Waals surface area contributed by atoms with E-state index in [4.69, 9.17) is 9.47 Å². The van der Waals surface area contributed by atoms with Crippen LogP contribution in [-0.4, -0.2) is 40.0 Å². The van der Waals surface area contributed by atoms with Crippen molar-refractivity contribution in [2.75, 3.05) is 26.2 Å². The summed E-state index contributed by atoms with van der Waals surface area (Å²) in [6, 6.07) is 9.88. The molecule has 3 N–H and O–H groups in total. The number of nitro benzene ring substituents is 1. The summed E-state index contributed by atoms with van der Waals surface area (Å²) in [5.74, 6) is 0.0758. The van der Waals surface area contributed by atoms with Crippen LogP contribution in [0.1, 0.15) is 6.42 Å². The Labute approximate surface area is 167 Å². The number of amides is 1. The molecule has 0 heterocycles. The highest BCUT2D eigenvalue weighted by Gasteiger charge is 2.17. The van der Waals surface area contributed by atoms with Gasteiger partial charge in [-0.15, -0.1) is 0 Å². The second-order valence-corrected chi connectivity index (χ2v) is 7.38. The molecule has 2 aromatic rings. The van der Waals surface area contributed by atoms with Crippen molar-refractivity contribution in [2.45, 2.75) is 11.3 Å². The van der Waals surface area contributed by atoms with E-state index in [0.717, 1.165) is 0 Å². The molecule has 2 aromatic carbocycles. The van der Waals surface area contributed by atoms with Crippen molar-refractivity contribution >= 4 is 27.3 Å². The van der Waals surface area contributed by atoms with Crippen LogP contribution >= 0.6 is 0 Å². The van der Waals surface area contributed by atoms with Gasteiger partial charge in [0.25, 0.3) is 5.69 Å². The van der Waals surface area contributed by atoms with Crippen molar-refractivity contribution in [1.82, 2.24) is 10.1 Å². The maximum Gasteiger partial charge on any atom is 0.294 e. The molecule has 156 valence electrons. The molecule has 11 nitrogen and oxygen atoms in total. The molecule has 12 heteroatoms. The highest BCUT2D eigenvalue weighted by atomic mass is 32.2. The van der Waals surface area contributed by atoms with Crippen molar-refractivity contribution in [3.05, 3.63) is 52.6 Å². The molecular formula is C17H20N4O7S. The zero-order valence-corrected chi connectivity index (χ0v) is 16.5. The number of anilines is 1. The topological polar surface area (TPSA) is 149 Å². The highest BCUT2D eigenvalue weighted by molar-refractivity contribution is 7.89. The van der Waals surface area contributed by atoms with Crippen molar-refractivity contribution in [1.29, 1.82) is 0 Å². The number of hydrazine groups is 1. The number of hydrogen-bond acceptors (Lipinski definition) is 8. The van der Waals surface area contributed by atoms with E-state index >= 15 is 0 Å². The number of para-hydroxylation sites is 2. The standard InChI is InChI=1S/C17H20N4O7S/c1-27-15-8-7-12(11-16(15)28-2)29(25,26)18-10-9-17(22)20-19-13-5-3-4-6-14(13)21(23)24/h3-8,11,18-19H,9-10H2,1-2H3,(H,20,22). The minimum Gasteiger partial charge on any atom is -0.493 e. The molecule has 0 radical (unpaired) electrons. The molecule has 0 aromatic heterocycles. The van der Waals surface area contributed by atoms with Crippen LogP contribution in [0.15, 0.2) is 47.4 Å². The highest BCUT2D eigenvalue weighted by Crippen LogP contribution is 2.29. The van der Waals surface area contributed by atoms with E-state index < -0.39 is 20.9 Å². The fraction of sp³-hybridized carbons (Fsp3) is 0.235. The second kappa shape index (κ2) is 9.71. The number of carbonyl (C=O) groups excluding carboxylic acids is 1. The first-order valence-corrected chi connectivity index (χ1v) is 9.76. The Morgan fingerprint density at radius 3 is 2.45 bits per heavy atom. The molecule has 0 aliphatic carbocycles. The normalized spacial score (nSPS) is 10.8. The van der Waals surface area contributed by atoms with Gasteiger partial charge in [-0.05, 0) is 18.2 Å². The number of rotatable bonds is 10. The minimum atomic E-state index is -3.87. The zero-order valence-electron chi connectivity index (χ0n) is 15.7. The number of carbonyl (C=O) groups is 1. The first-order valence-electron chi connectivity index (χ1n) is 8.28. The third-order valence-corrected chi connectivity index (χ3v) is 5.21. The van der Waals surface area contributed by atoms with Gasteiger partial charge in [0, 0.05) is 25.1 Å². The lowest BCUT2D eigenvalue weighted by molar-refractivity contribution is -0.384. The van der Waals surface area contributed by atoms with E-state index in [1.165, 1.54) is 50.6 Å². The predicted molar refractivity (Wildman–Crippen MR) is 104 cm³/mol. The maximum atomic E-state index is 12.4. The first kappa shape index (κ1) is 21.9. The van der Waals surface area contributed by atoms with Crippen molar-refractivity contribution in [3.8, 4) is 11.5 Å². The van der Waals surface area contributed by atoms with Crippen molar-refractivity contribution < 1.29 is 27.6 Å². The lowest BCUT2D eigenvalue weighted by Crippen LogP contribution is -2.33. The molecule has 0 aliphatic rings. The Morgan fingerprint density at radius 1 is 1.10 bits per heavy atom. The lowest BCUT2D eigenvalue weighted by atomic mass is 10.3. The van der Waals surface area contributed by atoms with Crippen LogP contribution in [0.2, 0.25) is 0 Å². The molecule has 0 aliphatic heterocycles. The molecule has 0 saturated carbocycles. The van der Waals surface area contributed by atoms with E-state index in [-0.39, 0.29) is 35.0 Å². The van der Waals surface area contributed by atoms with Crippen molar-refractivity contribution in [2.24, 2.45) is 0 Å². The van der Waals surface area contributed by atoms with Gasteiger partial charge in [0.2, 0.25) is 15.9 Å². The van der Waals surface area contributed by atoms with E-state index in [2.05, 4.69) is 15.6 Å². The van der Waals surface area contributed by atoms with Gasteiger partial charge in [0.05, 0.1) is 24.0 Å². The predicted octanol–water partition coefficient (Wildman–Crippen LogP) is 1.42. The summed E-state index contributed by atoms with van der Waals surface area (Å²) < 4.78 is 37.1. The third-order valence-electron chi connectivity index (χ3n) is 3.75. The number of nitro groups is 1. The summed E-state index contributed by atoms with van der Waals surface area (Å²) in [4.78, 5) is 22.2. The molecule has 1 amide bonds. The molecule has 0 bridgehead atoms. The van der Waals surface area contributed by atoms with Crippen LogP contribution in [0.5, 0.6) is 11.5 Å². The largest absolute Gasteiger partial charge is 0.493 e. The fourth-order valence-electron chi connectivity index (χ4n) is 2.30. The molecule has 0 saturated heterocycles. The number of ether oxygens (including phenoxy) is 2. The first-order chi connectivity index (χ1) is 13.8. The van der Waals surface area contributed by atoms with Gasteiger partial charge < -0.3 is 9.47 Å². The summed E-state index contributed by atoms with van der Waals surface area (Å²) in [6.45, 7) is -0.179. The van der Waals surface area contributed by atoms with Gasteiger partial charge in [-0.3, -0.25) is 25.8 Å².